The molecule has 3 rings (SSSR count). The van der Waals surface area contributed by atoms with Gasteiger partial charge in [-0.2, -0.15) is 0 Å². The Hall–Kier alpha value is -3.88. The molecule has 0 aromatic heterocycles. The van der Waals surface area contributed by atoms with E-state index in [4.69, 9.17) is 9.47 Å². The van der Waals surface area contributed by atoms with E-state index in [-0.39, 0.29) is 24.0 Å². The number of methoxy groups -OCH3 is 1. The number of benzene rings is 2. The van der Waals surface area contributed by atoms with Crippen LogP contribution in [0.2, 0.25) is 0 Å². The van der Waals surface area contributed by atoms with Gasteiger partial charge in [-0.1, -0.05) is 31.5 Å². The van der Waals surface area contributed by atoms with Gasteiger partial charge in [0.1, 0.15) is 0 Å². The van der Waals surface area contributed by atoms with Crippen LogP contribution in [0.15, 0.2) is 42.5 Å². The summed E-state index contributed by atoms with van der Waals surface area (Å²) in [5.41, 5.74) is 0.958. The first-order valence-corrected chi connectivity index (χ1v) is 11.1. The van der Waals surface area contributed by atoms with Crippen molar-refractivity contribution < 1.29 is 33.8 Å². The highest BCUT2D eigenvalue weighted by Gasteiger charge is 2.41. The van der Waals surface area contributed by atoms with Crippen LogP contribution in [-0.2, 0) is 9.59 Å². The normalized spacial score (nSPS) is 14.4. The van der Waals surface area contributed by atoms with Crippen LogP contribution in [0.3, 0.4) is 0 Å². The van der Waals surface area contributed by atoms with Crippen LogP contribution < -0.4 is 19.9 Å². The second kappa shape index (κ2) is 10.8. The van der Waals surface area contributed by atoms with Gasteiger partial charge in [-0.05, 0) is 43.2 Å². The lowest BCUT2D eigenvalue weighted by atomic mass is 10.00. The van der Waals surface area contributed by atoms with Gasteiger partial charge in [-0.3, -0.25) is 19.3 Å². The van der Waals surface area contributed by atoms with Crippen molar-refractivity contribution in [1.82, 2.24) is 10.2 Å². The monoisotopic (exact) mass is 467 g/mol. The topological polar surface area (TPSA) is 125 Å². The molecule has 2 aromatic carbocycles. The summed E-state index contributed by atoms with van der Waals surface area (Å²) in [6.45, 7) is 3.94. The first-order valence-electron chi connectivity index (χ1n) is 11.1. The number of carbonyl (C=O) groups is 4. The molecular formula is C25H27N2O7-. The zero-order chi connectivity index (χ0) is 24.8. The number of amides is 3. The van der Waals surface area contributed by atoms with Crippen LogP contribution >= 0.6 is 0 Å². The third-order valence-electron chi connectivity index (χ3n) is 5.59. The Kier molecular flexibility index (Phi) is 7.88. The molecule has 0 saturated heterocycles. The van der Waals surface area contributed by atoms with E-state index in [0.29, 0.717) is 30.1 Å². The van der Waals surface area contributed by atoms with E-state index < -0.39 is 35.8 Å². The molecule has 9 heteroatoms. The predicted octanol–water partition coefficient (Wildman–Crippen LogP) is 1.86. The number of nitrogens with one attached hydrogen (secondary N) is 1. The fourth-order valence-electron chi connectivity index (χ4n) is 3.98. The number of rotatable bonds is 11. The van der Waals surface area contributed by atoms with Gasteiger partial charge in [0, 0.05) is 0 Å². The number of nitrogens with zero attached hydrogens (tertiary/aromatic N) is 1. The number of fused-ring (bicyclic) bond motifs is 1. The molecule has 1 heterocycles. The lowest BCUT2D eigenvalue weighted by Crippen LogP contribution is -2.48. The second-order valence-electron chi connectivity index (χ2n) is 7.82. The minimum Gasteiger partial charge on any atom is -0.548 e. The molecule has 180 valence electrons. The number of hydrogen-bond acceptors (Lipinski definition) is 7. The molecule has 0 bridgehead atoms. The average molecular weight is 467 g/mol. The molecule has 2 unspecified atom stereocenters. The maximum atomic E-state index is 13.2. The van der Waals surface area contributed by atoms with E-state index in [1.807, 2.05) is 0 Å². The Balaban J connectivity index is 2.00. The lowest BCUT2D eigenvalue weighted by Gasteiger charge is -2.28. The molecule has 34 heavy (non-hydrogen) atoms. The molecule has 0 saturated carbocycles. The zero-order valence-corrected chi connectivity index (χ0v) is 19.3. The van der Waals surface area contributed by atoms with Crippen molar-refractivity contribution in [1.29, 1.82) is 0 Å². The van der Waals surface area contributed by atoms with Crippen molar-refractivity contribution in [3.05, 3.63) is 59.2 Å². The van der Waals surface area contributed by atoms with Gasteiger partial charge in [0.25, 0.3) is 11.8 Å². The highest BCUT2D eigenvalue weighted by molar-refractivity contribution is 6.21. The highest BCUT2D eigenvalue weighted by atomic mass is 16.5. The van der Waals surface area contributed by atoms with Crippen molar-refractivity contribution in [2.45, 2.75) is 45.2 Å². The first-order chi connectivity index (χ1) is 16.3. The van der Waals surface area contributed by atoms with Gasteiger partial charge in [-0.15, -0.1) is 0 Å². The Morgan fingerprint density at radius 1 is 1.03 bits per heavy atom. The molecule has 0 radical (unpaired) electrons. The predicted molar refractivity (Wildman–Crippen MR) is 120 cm³/mol. The third kappa shape index (κ3) is 5.03. The molecular weight excluding hydrogens is 440 g/mol. The maximum absolute atomic E-state index is 13.2. The maximum Gasteiger partial charge on any atom is 0.262 e. The molecule has 0 aliphatic carbocycles. The summed E-state index contributed by atoms with van der Waals surface area (Å²) in [6.07, 6.45) is 0.386. The van der Waals surface area contributed by atoms with Crippen LogP contribution in [0.25, 0.3) is 0 Å². The largest absolute Gasteiger partial charge is 0.548 e. The van der Waals surface area contributed by atoms with Gasteiger partial charge in [-0.25, -0.2) is 0 Å². The summed E-state index contributed by atoms with van der Waals surface area (Å²) < 4.78 is 10.9. The number of carbonyl (C=O) groups excluding carboxylic acids is 4. The minimum absolute atomic E-state index is 0.197. The summed E-state index contributed by atoms with van der Waals surface area (Å²) in [7, 11) is 1.49. The summed E-state index contributed by atoms with van der Waals surface area (Å²) in [4.78, 5) is 51.7. The van der Waals surface area contributed by atoms with Crippen LogP contribution in [0.4, 0.5) is 0 Å². The fraction of sp³-hybridized carbons (Fsp3) is 0.360. The van der Waals surface area contributed by atoms with E-state index in [1.165, 1.54) is 7.11 Å². The smallest absolute Gasteiger partial charge is 0.262 e. The summed E-state index contributed by atoms with van der Waals surface area (Å²) in [5, 5.41) is 13.9. The molecule has 0 spiro atoms. The van der Waals surface area contributed by atoms with Crippen molar-refractivity contribution in [3.63, 3.8) is 0 Å². The van der Waals surface area contributed by atoms with Crippen LogP contribution in [0.5, 0.6) is 11.5 Å². The van der Waals surface area contributed by atoms with Gasteiger partial charge in [0.05, 0.1) is 49.3 Å². The van der Waals surface area contributed by atoms with Gasteiger partial charge < -0.3 is 24.7 Å². The number of carboxylic acids is 1. The molecule has 2 atom stereocenters. The SMILES string of the molecule is CCCC(NC(=O)CC(c1ccc(OC)c(OCC)c1)N1C(=O)c2ccccc2C1=O)C(=O)[O-]. The van der Waals surface area contributed by atoms with Gasteiger partial charge >= 0.3 is 0 Å². The summed E-state index contributed by atoms with van der Waals surface area (Å²) in [5.74, 6) is -2.23. The molecule has 1 N–H and O–H groups in total. The minimum atomic E-state index is -1.39. The molecule has 1 aliphatic rings. The van der Waals surface area contributed by atoms with Gasteiger partial charge in [0.15, 0.2) is 11.5 Å². The Morgan fingerprint density at radius 3 is 2.21 bits per heavy atom. The van der Waals surface area contributed by atoms with E-state index >= 15 is 0 Å². The quantitative estimate of drug-likeness (QED) is 0.500. The summed E-state index contributed by atoms with van der Waals surface area (Å²) >= 11 is 0. The Labute approximate surface area is 197 Å². The zero-order valence-electron chi connectivity index (χ0n) is 19.3. The standard InChI is InChI=1S/C25H28N2O7/c1-4-8-18(25(31)32)26-22(28)14-19(15-11-12-20(33-3)21(13-15)34-5-2)27-23(29)16-9-6-7-10-17(16)24(27)30/h6-7,9-13,18-19H,4-5,8,14H2,1-3H3,(H,26,28)(H,31,32)/p-1. The van der Waals surface area contributed by atoms with E-state index in [9.17, 15) is 24.3 Å². The van der Waals surface area contributed by atoms with Crippen LogP contribution in [0, 0.1) is 0 Å². The molecule has 1 aliphatic heterocycles. The number of carboxylic acid groups (broad SMARTS) is 1. The highest BCUT2D eigenvalue weighted by Crippen LogP contribution is 2.37. The fourth-order valence-corrected chi connectivity index (χ4v) is 3.98. The van der Waals surface area contributed by atoms with Crippen LogP contribution in [0.1, 0.15) is 65.4 Å². The molecule has 3 amide bonds. The van der Waals surface area contributed by atoms with Gasteiger partial charge in [0.2, 0.25) is 5.91 Å². The van der Waals surface area contributed by atoms with E-state index in [1.54, 1.807) is 56.3 Å². The summed E-state index contributed by atoms with van der Waals surface area (Å²) in [6, 6.07) is 9.15. The van der Waals surface area contributed by atoms with Crippen molar-refractivity contribution >= 4 is 23.7 Å². The molecule has 0 fully saturated rings. The third-order valence-corrected chi connectivity index (χ3v) is 5.59. The van der Waals surface area contributed by atoms with Crippen molar-refractivity contribution in [2.24, 2.45) is 0 Å². The second-order valence-corrected chi connectivity index (χ2v) is 7.82. The average Bonchev–Trinajstić information content (AvgIpc) is 3.07. The van der Waals surface area contributed by atoms with Crippen molar-refractivity contribution in [2.75, 3.05) is 13.7 Å². The number of imide groups is 1. The number of aliphatic carboxylic acids is 1. The van der Waals surface area contributed by atoms with E-state index in [0.717, 1.165) is 4.90 Å². The number of ether oxygens (including phenoxy) is 2. The Morgan fingerprint density at radius 2 is 1.68 bits per heavy atom. The lowest BCUT2D eigenvalue weighted by molar-refractivity contribution is -0.308. The Bertz CT molecular complexity index is 1060. The molecule has 9 nitrogen and oxygen atoms in total. The first kappa shape index (κ1) is 24.8. The number of hydrogen-bond donors (Lipinski definition) is 1. The van der Waals surface area contributed by atoms with E-state index in [2.05, 4.69) is 5.32 Å². The van der Waals surface area contributed by atoms with Crippen LogP contribution in [-0.4, -0.2) is 48.3 Å². The molecule has 2 aromatic rings. The van der Waals surface area contributed by atoms with Crippen molar-refractivity contribution in [3.8, 4) is 11.5 Å².